The van der Waals surface area contributed by atoms with Gasteiger partial charge in [0, 0.05) is 13.1 Å². The number of ether oxygens (including phenoxy) is 1. The van der Waals surface area contributed by atoms with E-state index >= 15 is 0 Å². The van der Waals surface area contributed by atoms with Crippen LogP contribution in [-0.4, -0.2) is 36.1 Å². The monoisotopic (exact) mass is 318 g/mol. The normalized spacial score (nSPS) is 11.5. The summed E-state index contributed by atoms with van der Waals surface area (Å²) in [5.41, 5.74) is 0. The second kappa shape index (κ2) is 7.88. The van der Waals surface area contributed by atoms with Crippen LogP contribution in [0.1, 0.15) is 17.5 Å². The fourth-order valence-electron chi connectivity index (χ4n) is 1.78. The lowest BCUT2D eigenvalue weighted by Crippen LogP contribution is -2.40. The third kappa shape index (κ3) is 5.06. The SMILES string of the molecule is CC(Oc1ccc(O)cc1)C(=O)NCCNC(=O)c1ccco1. The van der Waals surface area contributed by atoms with Crippen LogP contribution in [0.4, 0.5) is 0 Å². The first-order valence-corrected chi connectivity index (χ1v) is 7.11. The minimum Gasteiger partial charge on any atom is -0.508 e. The van der Waals surface area contributed by atoms with Gasteiger partial charge in [0.2, 0.25) is 0 Å². The van der Waals surface area contributed by atoms with Crippen LogP contribution in [0.25, 0.3) is 0 Å². The molecular weight excluding hydrogens is 300 g/mol. The molecule has 122 valence electrons. The number of hydrogen-bond acceptors (Lipinski definition) is 5. The van der Waals surface area contributed by atoms with Crippen LogP contribution in [0.15, 0.2) is 47.1 Å². The summed E-state index contributed by atoms with van der Waals surface area (Å²) in [4.78, 5) is 23.5. The van der Waals surface area contributed by atoms with E-state index < -0.39 is 6.10 Å². The maximum atomic E-state index is 11.9. The molecule has 3 N–H and O–H groups in total. The van der Waals surface area contributed by atoms with Gasteiger partial charge in [-0.3, -0.25) is 9.59 Å². The first kappa shape index (κ1) is 16.4. The molecule has 23 heavy (non-hydrogen) atoms. The number of furan rings is 1. The van der Waals surface area contributed by atoms with Gasteiger partial charge < -0.3 is 24.9 Å². The van der Waals surface area contributed by atoms with E-state index in [2.05, 4.69) is 10.6 Å². The van der Waals surface area contributed by atoms with E-state index in [9.17, 15) is 14.7 Å². The zero-order valence-corrected chi connectivity index (χ0v) is 12.6. The molecule has 1 unspecified atom stereocenters. The zero-order valence-electron chi connectivity index (χ0n) is 12.6. The first-order chi connectivity index (χ1) is 11.1. The summed E-state index contributed by atoms with van der Waals surface area (Å²) in [7, 11) is 0. The summed E-state index contributed by atoms with van der Waals surface area (Å²) in [5, 5.41) is 14.5. The van der Waals surface area contributed by atoms with Crippen LogP contribution in [0.5, 0.6) is 11.5 Å². The highest BCUT2D eigenvalue weighted by Crippen LogP contribution is 2.17. The molecule has 1 atom stereocenters. The number of rotatable bonds is 7. The predicted octanol–water partition coefficient (Wildman–Crippen LogP) is 1.30. The topological polar surface area (TPSA) is 101 Å². The van der Waals surface area contributed by atoms with E-state index in [1.807, 2.05) is 0 Å². The van der Waals surface area contributed by atoms with Crippen molar-refractivity contribution in [2.75, 3.05) is 13.1 Å². The second-order valence-corrected chi connectivity index (χ2v) is 4.78. The van der Waals surface area contributed by atoms with E-state index in [0.29, 0.717) is 5.75 Å². The molecule has 0 bridgehead atoms. The molecule has 2 amide bonds. The second-order valence-electron chi connectivity index (χ2n) is 4.78. The molecule has 7 heteroatoms. The maximum absolute atomic E-state index is 11.9. The van der Waals surface area contributed by atoms with Crippen LogP contribution in [0, 0.1) is 0 Å². The molecule has 0 radical (unpaired) electrons. The standard InChI is InChI=1S/C16H18N2O5/c1-11(23-13-6-4-12(19)5-7-13)15(20)17-8-9-18-16(21)14-3-2-10-22-14/h2-7,10-11,19H,8-9H2,1H3,(H,17,20)(H,18,21). The van der Waals surface area contributed by atoms with E-state index in [0.717, 1.165) is 0 Å². The predicted molar refractivity (Wildman–Crippen MR) is 82.2 cm³/mol. The van der Waals surface area contributed by atoms with Gasteiger partial charge >= 0.3 is 0 Å². The van der Waals surface area contributed by atoms with Crippen LogP contribution in [0.3, 0.4) is 0 Å². The lowest BCUT2D eigenvalue weighted by molar-refractivity contribution is -0.127. The Kier molecular flexibility index (Phi) is 5.62. The van der Waals surface area contributed by atoms with Crippen molar-refractivity contribution in [3.8, 4) is 11.5 Å². The molecule has 7 nitrogen and oxygen atoms in total. The van der Waals surface area contributed by atoms with Crippen molar-refractivity contribution in [3.05, 3.63) is 48.4 Å². The van der Waals surface area contributed by atoms with Gasteiger partial charge in [0.1, 0.15) is 11.5 Å². The average Bonchev–Trinajstić information content (AvgIpc) is 3.07. The van der Waals surface area contributed by atoms with Gasteiger partial charge in [0.15, 0.2) is 11.9 Å². The van der Waals surface area contributed by atoms with Gasteiger partial charge in [-0.05, 0) is 43.3 Å². The average molecular weight is 318 g/mol. The van der Waals surface area contributed by atoms with Crippen LogP contribution in [0.2, 0.25) is 0 Å². The van der Waals surface area contributed by atoms with Crippen molar-refractivity contribution >= 4 is 11.8 Å². The Bertz CT molecular complexity index is 637. The Balaban J connectivity index is 1.67. The van der Waals surface area contributed by atoms with Crippen LogP contribution in [-0.2, 0) is 4.79 Å². The van der Waals surface area contributed by atoms with Gasteiger partial charge in [-0.2, -0.15) is 0 Å². The molecule has 0 aliphatic carbocycles. The number of carbonyl (C=O) groups excluding carboxylic acids is 2. The summed E-state index contributed by atoms with van der Waals surface area (Å²) < 4.78 is 10.4. The number of phenols is 1. The third-order valence-electron chi connectivity index (χ3n) is 2.97. The molecule has 0 spiro atoms. The van der Waals surface area contributed by atoms with Crippen LogP contribution < -0.4 is 15.4 Å². The van der Waals surface area contributed by atoms with E-state index in [1.165, 1.54) is 18.4 Å². The first-order valence-electron chi connectivity index (χ1n) is 7.11. The Morgan fingerprint density at radius 2 is 1.87 bits per heavy atom. The van der Waals surface area contributed by atoms with Crippen molar-refractivity contribution in [2.24, 2.45) is 0 Å². The minimum atomic E-state index is -0.694. The quantitative estimate of drug-likeness (QED) is 0.668. The fourth-order valence-corrected chi connectivity index (χ4v) is 1.78. The Labute approximate surface area is 133 Å². The fraction of sp³-hybridized carbons (Fsp3) is 0.250. The summed E-state index contributed by atoms with van der Waals surface area (Å²) in [5.74, 6) is 0.196. The van der Waals surface area contributed by atoms with Crippen molar-refractivity contribution < 1.29 is 23.8 Å². The smallest absolute Gasteiger partial charge is 0.287 e. The van der Waals surface area contributed by atoms with Gasteiger partial charge in [-0.15, -0.1) is 0 Å². The molecule has 2 aromatic rings. The molecular formula is C16H18N2O5. The number of benzene rings is 1. The Morgan fingerprint density at radius 1 is 1.17 bits per heavy atom. The highest BCUT2D eigenvalue weighted by molar-refractivity contribution is 5.91. The number of nitrogens with one attached hydrogen (secondary N) is 2. The molecule has 1 aromatic carbocycles. The summed E-state index contributed by atoms with van der Waals surface area (Å²) in [6.07, 6.45) is 0.722. The number of carbonyl (C=O) groups is 2. The summed E-state index contributed by atoms with van der Waals surface area (Å²) >= 11 is 0. The van der Waals surface area contributed by atoms with E-state index in [1.54, 1.807) is 31.2 Å². The number of aromatic hydroxyl groups is 1. The lowest BCUT2D eigenvalue weighted by atomic mass is 10.3. The Hall–Kier alpha value is -2.96. The van der Waals surface area contributed by atoms with Crippen molar-refractivity contribution in [1.29, 1.82) is 0 Å². The van der Waals surface area contributed by atoms with Crippen LogP contribution >= 0.6 is 0 Å². The minimum absolute atomic E-state index is 0.127. The van der Waals surface area contributed by atoms with Gasteiger partial charge in [0.05, 0.1) is 6.26 Å². The zero-order chi connectivity index (χ0) is 16.7. The molecule has 0 saturated carbocycles. The number of hydrogen-bond donors (Lipinski definition) is 3. The number of amides is 2. The summed E-state index contributed by atoms with van der Waals surface area (Å²) in [6.45, 7) is 2.16. The molecule has 0 fully saturated rings. The summed E-state index contributed by atoms with van der Waals surface area (Å²) in [6, 6.07) is 9.28. The van der Waals surface area contributed by atoms with Gasteiger partial charge in [-0.25, -0.2) is 0 Å². The van der Waals surface area contributed by atoms with Crippen molar-refractivity contribution in [3.63, 3.8) is 0 Å². The Morgan fingerprint density at radius 3 is 2.52 bits per heavy atom. The molecule has 1 aromatic heterocycles. The molecule has 2 rings (SSSR count). The molecule has 0 aliphatic rings. The maximum Gasteiger partial charge on any atom is 0.287 e. The lowest BCUT2D eigenvalue weighted by Gasteiger charge is -2.14. The highest BCUT2D eigenvalue weighted by Gasteiger charge is 2.14. The van der Waals surface area contributed by atoms with Gasteiger partial charge in [0.25, 0.3) is 11.8 Å². The van der Waals surface area contributed by atoms with Crippen molar-refractivity contribution in [2.45, 2.75) is 13.0 Å². The largest absolute Gasteiger partial charge is 0.508 e. The van der Waals surface area contributed by atoms with E-state index in [4.69, 9.17) is 9.15 Å². The highest BCUT2D eigenvalue weighted by atomic mass is 16.5. The van der Waals surface area contributed by atoms with Crippen molar-refractivity contribution in [1.82, 2.24) is 10.6 Å². The van der Waals surface area contributed by atoms with Gasteiger partial charge in [-0.1, -0.05) is 0 Å². The molecule has 0 aliphatic heterocycles. The third-order valence-corrected chi connectivity index (χ3v) is 2.97. The molecule has 1 heterocycles. The number of phenolic OH excluding ortho intramolecular Hbond substituents is 1. The van der Waals surface area contributed by atoms with E-state index in [-0.39, 0.29) is 36.4 Å². The molecule has 0 saturated heterocycles.